The first-order valence-corrected chi connectivity index (χ1v) is 8.87. The van der Waals surface area contributed by atoms with Gasteiger partial charge in [0.25, 0.3) is 5.91 Å². The van der Waals surface area contributed by atoms with Crippen LogP contribution in [0.2, 0.25) is 0 Å². The van der Waals surface area contributed by atoms with Crippen molar-refractivity contribution in [1.82, 2.24) is 24.6 Å². The molecule has 0 aliphatic carbocycles. The molecule has 2 aromatic heterocycles. The summed E-state index contributed by atoms with van der Waals surface area (Å²) in [5.74, 6) is 0.882. The highest BCUT2D eigenvalue weighted by Crippen LogP contribution is 2.27. The Morgan fingerprint density at radius 1 is 1.19 bits per heavy atom. The summed E-state index contributed by atoms with van der Waals surface area (Å²) < 4.78 is 1.81. The first kappa shape index (κ1) is 16.4. The van der Waals surface area contributed by atoms with Crippen LogP contribution >= 0.6 is 0 Å². The minimum Gasteiger partial charge on any atom is -0.337 e. The van der Waals surface area contributed by atoms with Gasteiger partial charge in [-0.25, -0.2) is 9.97 Å². The van der Waals surface area contributed by atoms with Crippen molar-refractivity contribution in [1.29, 1.82) is 0 Å². The summed E-state index contributed by atoms with van der Waals surface area (Å²) in [6.45, 7) is 1.47. The molecule has 0 radical (unpaired) electrons. The number of amides is 1. The largest absolute Gasteiger partial charge is 0.337 e. The Labute approximate surface area is 152 Å². The second-order valence-electron chi connectivity index (χ2n) is 6.67. The van der Waals surface area contributed by atoms with Gasteiger partial charge in [0.2, 0.25) is 0 Å². The number of aromatic nitrogens is 4. The molecule has 4 rings (SSSR count). The lowest BCUT2D eigenvalue weighted by atomic mass is 9.92. The zero-order valence-electron chi connectivity index (χ0n) is 14.7. The molecule has 132 valence electrons. The third-order valence-electron chi connectivity index (χ3n) is 4.81. The van der Waals surface area contributed by atoms with Gasteiger partial charge < -0.3 is 4.90 Å². The van der Waals surface area contributed by atoms with Crippen LogP contribution in [-0.2, 0) is 7.05 Å². The van der Waals surface area contributed by atoms with Crippen molar-refractivity contribution in [2.24, 2.45) is 7.05 Å². The van der Waals surface area contributed by atoms with E-state index in [1.165, 1.54) is 5.56 Å². The van der Waals surface area contributed by atoms with Gasteiger partial charge in [-0.3, -0.25) is 9.48 Å². The maximum atomic E-state index is 13.0. The third-order valence-corrected chi connectivity index (χ3v) is 4.81. The van der Waals surface area contributed by atoms with Crippen molar-refractivity contribution in [3.05, 3.63) is 66.2 Å². The van der Waals surface area contributed by atoms with Crippen LogP contribution in [0.25, 0.3) is 11.4 Å². The molecule has 0 saturated carbocycles. The zero-order chi connectivity index (χ0) is 17.9. The van der Waals surface area contributed by atoms with Crippen LogP contribution in [0.3, 0.4) is 0 Å². The fourth-order valence-corrected chi connectivity index (χ4v) is 3.45. The van der Waals surface area contributed by atoms with Gasteiger partial charge in [-0.15, -0.1) is 0 Å². The maximum Gasteiger partial charge on any atom is 0.272 e. The van der Waals surface area contributed by atoms with Gasteiger partial charge in [0.15, 0.2) is 5.82 Å². The van der Waals surface area contributed by atoms with Gasteiger partial charge >= 0.3 is 0 Å². The van der Waals surface area contributed by atoms with E-state index in [-0.39, 0.29) is 5.91 Å². The molecular formula is C20H21N5O. The minimum atomic E-state index is -0.0295. The second-order valence-corrected chi connectivity index (χ2v) is 6.67. The number of piperidine rings is 1. The average Bonchev–Trinajstić information content (AvgIpc) is 3.15. The van der Waals surface area contributed by atoms with Crippen LogP contribution in [-0.4, -0.2) is 43.6 Å². The monoisotopic (exact) mass is 347 g/mol. The van der Waals surface area contributed by atoms with Gasteiger partial charge in [0.1, 0.15) is 5.69 Å². The summed E-state index contributed by atoms with van der Waals surface area (Å²) in [5, 5.41) is 4.26. The molecule has 26 heavy (non-hydrogen) atoms. The number of hydrogen-bond donors (Lipinski definition) is 0. The molecule has 1 aromatic carbocycles. The summed E-state index contributed by atoms with van der Waals surface area (Å²) in [6.07, 6.45) is 7.66. The van der Waals surface area contributed by atoms with Crippen LogP contribution in [0, 0.1) is 0 Å². The van der Waals surface area contributed by atoms with Crippen LogP contribution < -0.4 is 0 Å². The highest BCUT2D eigenvalue weighted by Gasteiger charge is 2.27. The molecular weight excluding hydrogens is 326 g/mol. The number of aryl methyl sites for hydroxylation is 1. The third kappa shape index (κ3) is 3.35. The van der Waals surface area contributed by atoms with Crippen LogP contribution in [0.4, 0.5) is 0 Å². The Morgan fingerprint density at radius 3 is 2.81 bits per heavy atom. The van der Waals surface area contributed by atoms with Crippen molar-refractivity contribution in [2.75, 3.05) is 13.1 Å². The molecule has 1 aliphatic heterocycles. The van der Waals surface area contributed by atoms with E-state index in [9.17, 15) is 4.79 Å². The minimum absolute atomic E-state index is 0.0295. The van der Waals surface area contributed by atoms with Crippen molar-refractivity contribution in [2.45, 2.75) is 18.8 Å². The van der Waals surface area contributed by atoms with Gasteiger partial charge in [-0.05, 0) is 24.5 Å². The van der Waals surface area contributed by atoms with Crippen LogP contribution in [0.5, 0.6) is 0 Å². The van der Waals surface area contributed by atoms with E-state index < -0.39 is 0 Å². The molecule has 0 spiro atoms. The molecule has 3 heterocycles. The average molecular weight is 347 g/mol. The Balaban J connectivity index is 1.54. The Kier molecular flexibility index (Phi) is 4.48. The lowest BCUT2D eigenvalue weighted by molar-refractivity contribution is 0.0701. The Bertz CT molecular complexity index is 905. The molecule has 0 N–H and O–H groups in total. The summed E-state index contributed by atoms with van der Waals surface area (Å²) in [6, 6.07) is 11.4. The number of hydrogen-bond acceptors (Lipinski definition) is 4. The molecule has 1 saturated heterocycles. The molecule has 0 bridgehead atoms. The highest BCUT2D eigenvalue weighted by atomic mass is 16.2. The highest BCUT2D eigenvalue weighted by molar-refractivity contribution is 5.92. The molecule has 1 amide bonds. The van der Waals surface area contributed by atoms with Gasteiger partial charge in [0, 0.05) is 44.0 Å². The first-order valence-electron chi connectivity index (χ1n) is 8.87. The Hall–Kier alpha value is -3.02. The molecule has 1 fully saturated rings. The lowest BCUT2D eigenvalue weighted by Gasteiger charge is -2.32. The van der Waals surface area contributed by atoms with Gasteiger partial charge in [0.05, 0.1) is 6.20 Å². The van der Waals surface area contributed by atoms with E-state index in [1.54, 1.807) is 12.3 Å². The molecule has 1 aliphatic rings. The lowest BCUT2D eigenvalue weighted by Crippen LogP contribution is -2.39. The van der Waals surface area contributed by atoms with Crippen molar-refractivity contribution in [3.63, 3.8) is 0 Å². The first-order chi connectivity index (χ1) is 12.7. The van der Waals surface area contributed by atoms with Crippen LogP contribution in [0.1, 0.15) is 34.8 Å². The summed E-state index contributed by atoms with van der Waals surface area (Å²) in [4.78, 5) is 23.7. The van der Waals surface area contributed by atoms with Gasteiger partial charge in [-0.1, -0.05) is 30.3 Å². The fourth-order valence-electron chi connectivity index (χ4n) is 3.45. The van der Waals surface area contributed by atoms with Crippen molar-refractivity contribution in [3.8, 4) is 11.4 Å². The molecule has 1 atom stereocenters. The smallest absolute Gasteiger partial charge is 0.272 e. The SMILES string of the molecule is Cn1cc(C2CCCN(C(=O)c3ccnc(-c4ccccc4)n3)C2)cn1. The van der Waals surface area contributed by atoms with Crippen LogP contribution in [0.15, 0.2) is 55.0 Å². The van der Waals surface area contributed by atoms with E-state index in [0.29, 0.717) is 24.0 Å². The predicted octanol–water partition coefficient (Wildman–Crippen LogP) is 2.90. The maximum absolute atomic E-state index is 13.0. The number of likely N-dealkylation sites (tertiary alicyclic amines) is 1. The molecule has 1 unspecified atom stereocenters. The number of carbonyl (C=O) groups is 1. The zero-order valence-corrected chi connectivity index (χ0v) is 14.7. The quantitative estimate of drug-likeness (QED) is 0.731. The summed E-state index contributed by atoms with van der Waals surface area (Å²) >= 11 is 0. The van der Waals surface area contributed by atoms with Crippen molar-refractivity contribution < 1.29 is 4.79 Å². The second kappa shape index (κ2) is 7.07. The van der Waals surface area contributed by atoms with E-state index in [4.69, 9.17) is 0 Å². The molecule has 6 nitrogen and oxygen atoms in total. The van der Waals surface area contributed by atoms with E-state index in [2.05, 4.69) is 15.1 Å². The predicted molar refractivity (Wildman–Crippen MR) is 98.6 cm³/mol. The van der Waals surface area contributed by atoms with E-state index >= 15 is 0 Å². The normalized spacial score (nSPS) is 17.3. The van der Waals surface area contributed by atoms with E-state index in [0.717, 1.165) is 24.9 Å². The standard InChI is InChI=1S/C20H21N5O/c1-24-13-17(12-22-24)16-8-5-11-25(14-16)20(26)18-9-10-21-19(23-18)15-6-3-2-4-7-15/h2-4,6-7,9-10,12-13,16H,5,8,11,14H2,1H3. The fraction of sp³-hybridized carbons (Fsp3) is 0.300. The van der Waals surface area contributed by atoms with Crippen molar-refractivity contribution >= 4 is 5.91 Å². The topological polar surface area (TPSA) is 63.9 Å². The number of nitrogens with zero attached hydrogens (tertiary/aromatic N) is 5. The van der Waals surface area contributed by atoms with E-state index in [1.807, 2.05) is 59.4 Å². The molecule has 3 aromatic rings. The number of benzene rings is 1. The molecule has 6 heteroatoms. The van der Waals surface area contributed by atoms with Gasteiger partial charge in [-0.2, -0.15) is 5.10 Å². The number of rotatable bonds is 3. The summed E-state index contributed by atoms with van der Waals surface area (Å²) in [5.41, 5.74) is 2.55. The number of carbonyl (C=O) groups excluding carboxylic acids is 1. The summed E-state index contributed by atoms with van der Waals surface area (Å²) in [7, 11) is 1.92. The Morgan fingerprint density at radius 2 is 2.04 bits per heavy atom.